The molecule has 1 aromatic rings. The maximum Gasteiger partial charge on any atom is 0.118 e. The van der Waals surface area contributed by atoms with E-state index >= 15 is 0 Å². The lowest BCUT2D eigenvalue weighted by Gasteiger charge is -2.32. The second kappa shape index (κ2) is 6.18. The molecule has 1 unspecified atom stereocenters. The van der Waals surface area contributed by atoms with Gasteiger partial charge >= 0.3 is 0 Å². The zero-order valence-corrected chi connectivity index (χ0v) is 11.7. The van der Waals surface area contributed by atoms with Crippen molar-refractivity contribution in [2.45, 2.75) is 25.5 Å². The molecule has 3 N–H and O–H groups in total. The van der Waals surface area contributed by atoms with Crippen LogP contribution in [0.3, 0.4) is 0 Å². The molecule has 0 aromatic heterocycles. The SMILES string of the molecule is COc1ccc(C(CN)N(C)CC(C)(C)O)cc1. The van der Waals surface area contributed by atoms with Crippen LogP contribution in [0.4, 0.5) is 0 Å². The number of rotatable bonds is 6. The highest BCUT2D eigenvalue weighted by Crippen LogP contribution is 2.22. The van der Waals surface area contributed by atoms with Crippen LogP contribution in [-0.2, 0) is 0 Å². The molecule has 0 aliphatic rings. The number of ether oxygens (including phenoxy) is 1. The summed E-state index contributed by atoms with van der Waals surface area (Å²) in [6.07, 6.45) is 0. The Labute approximate surface area is 109 Å². The van der Waals surface area contributed by atoms with E-state index in [1.54, 1.807) is 21.0 Å². The van der Waals surface area contributed by atoms with Crippen molar-refractivity contribution < 1.29 is 9.84 Å². The van der Waals surface area contributed by atoms with Crippen molar-refractivity contribution in [2.75, 3.05) is 27.2 Å². The zero-order valence-electron chi connectivity index (χ0n) is 11.7. The molecule has 0 bridgehead atoms. The number of likely N-dealkylation sites (N-methyl/N-ethyl adjacent to an activating group) is 1. The Hall–Kier alpha value is -1.10. The molecule has 4 nitrogen and oxygen atoms in total. The molecule has 4 heteroatoms. The van der Waals surface area contributed by atoms with Crippen molar-refractivity contribution in [1.29, 1.82) is 0 Å². The second-order valence-corrected chi connectivity index (χ2v) is 5.25. The van der Waals surface area contributed by atoms with Crippen LogP contribution in [0.5, 0.6) is 5.75 Å². The van der Waals surface area contributed by atoms with E-state index in [9.17, 15) is 5.11 Å². The first-order valence-corrected chi connectivity index (χ1v) is 6.14. The van der Waals surface area contributed by atoms with Gasteiger partial charge in [-0.25, -0.2) is 0 Å². The predicted octanol–water partition coefficient (Wildman–Crippen LogP) is 1.40. The fourth-order valence-corrected chi connectivity index (χ4v) is 2.12. The van der Waals surface area contributed by atoms with Crippen LogP contribution in [0, 0.1) is 0 Å². The normalized spacial score (nSPS) is 13.7. The summed E-state index contributed by atoms with van der Waals surface area (Å²) < 4.78 is 5.14. The second-order valence-electron chi connectivity index (χ2n) is 5.25. The minimum atomic E-state index is -0.728. The highest BCUT2D eigenvalue weighted by atomic mass is 16.5. The van der Waals surface area contributed by atoms with Gasteiger partial charge < -0.3 is 15.6 Å². The van der Waals surface area contributed by atoms with E-state index in [1.807, 2.05) is 31.3 Å². The summed E-state index contributed by atoms with van der Waals surface area (Å²) >= 11 is 0. The average molecular weight is 252 g/mol. The van der Waals surface area contributed by atoms with Crippen LogP contribution in [-0.4, -0.2) is 42.9 Å². The van der Waals surface area contributed by atoms with E-state index < -0.39 is 5.60 Å². The Kier molecular flexibility index (Phi) is 5.14. The van der Waals surface area contributed by atoms with Gasteiger partial charge in [0.25, 0.3) is 0 Å². The lowest BCUT2D eigenvalue weighted by atomic mass is 10.0. The molecule has 1 aromatic carbocycles. The number of hydrogen-bond acceptors (Lipinski definition) is 4. The summed E-state index contributed by atoms with van der Waals surface area (Å²) in [7, 11) is 3.62. The molecular formula is C14H24N2O2. The van der Waals surface area contributed by atoms with E-state index in [-0.39, 0.29) is 6.04 Å². The molecule has 1 rings (SSSR count). The molecule has 0 saturated carbocycles. The van der Waals surface area contributed by atoms with E-state index in [4.69, 9.17) is 10.5 Å². The monoisotopic (exact) mass is 252 g/mol. The van der Waals surface area contributed by atoms with Gasteiger partial charge in [0.15, 0.2) is 0 Å². The molecule has 102 valence electrons. The number of aliphatic hydroxyl groups is 1. The molecular weight excluding hydrogens is 228 g/mol. The molecule has 18 heavy (non-hydrogen) atoms. The van der Waals surface area contributed by atoms with E-state index in [0.717, 1.165) is 11.3 Å². The van der Waals surface area contributed by atoms with Gasteiger partial charge in [-0.15, -0.1) is 0 Å². The van der Waals surface area contributed by atoms with Crippen molar-refractivity contribution in [3.05, 3.63) is 29.8 Å². The van der Waals surface area contributed by atoms with Crippen LogP contribution in [0.15, 0.2) is 24.3 Å². The summed E-state index contributed by atoms with van der Waals surface area (Å²) in [5.41, 5.74) is 6.24. The van der Waals surface area contributed by atoms with Gasteiger partial charge in [0, 0.05) is 19.1 Å². The topological polar surface area (TPSA) is 58.7 Å². The van der Waals surface area contributed by atoms with Crippen molar-refractivity contribution in [3.63, 3.8) is 0 Å². The number of hydrogen-bond donors (Lipinski definition) is 2. The standard InChI is InChI=1S/C14H24N2O2/c1-14(2,17)10-16(3)13(9-15)11-5-7-12(18-4)8-6-11/h5-8,13,17H,9-10,15H2,1-4H3. The quantitative estimate of drug-likeness (QED) is 0.803. The zero-order chi connectivity index (χ0) is 13.8. The number of benzene rings is 1. The van der Waals surface area contributed by atoms with E-state index in [0.29, 0.717) is 13.1 Å². The van der Waals surface area contributed by atoms with Gasteiger partial charge in [-0.05, 0) is 38.6 Å². The third kappa shape index (κ3) is 4.29. The maximum atomic E-state index is 9.86. The first-order valence-electron chi connectivity index (χ1n) is 6.14. The number of nitrogens with two attached hydrogens (primary N) is 1. The minimum absolute atomic E-state index is 0.0994. The molecule has 0 spiro atoms. The minimum Gasteiger partial charge on any atom is -0.497 e. The predicted molar refractivity (Wildman–Crippen MR) is 73.7 cm³/mol. The molecule has 0 aliphatic carbocycles. The Balaban J connectivity index is 2.81. The summed E-state index contributed by atoms with van der Waals surface area (Å²) in [4.78, 5) is 2.07. The van der Waals surface area contributed by atoms with Crippen molar-refractivity contribution >= 4 is 0 Å². The smallest absolute Gasteiger partial charge is 0.118 e. The van der Waals surface area contributed by atoms with Gasteiger partial charge in [-0.1, -0.05) is 12.1 Å². The molecule has 0 aliphatic heterocycles. The Morgan fingerprint density at radius 2 is 1.89 bits per heavy atom. The summed E-state index contributed by atoms with van der Waals surface area (Å²) in [6.45, 7) is 4.68. The van der Waals surface area contributed by atoms with Crippen LogP contribution < -0.4 is 10.5 Å². The fourth-order valence-electron chi connectivity index (χ4n) is 2.12. The molecule has 0 amide bonds. The summed E-state index contributed by atoms with van der Waals surface area (Å²) in [5.74, 6) is 0.833. The number of nitrogens with zero attached hydrogens (tertiary/aromatic N) is 1. The average Bonchev–Trinajstić information content (AvgIpc) is 2.28. The Morgan fingerprint density at radius 1 is 1.33 bits per heavy atom. The van der Waals surface area contributed by atoms with Crippen molar-refractivity contribution in [2.24, 2.45) is 5.73 Å². The molecule has 0 fully saturated rings. The van der Waals surface area contributed by atoms with Crippen LogP contribution in [0.1, 0.15) is 25.5 Å². The van der Waals surface area contributed by atoms with E-state index in [1.165, 1.54) is 0 Å². The fraction of sp³-hybridized carbons (Fsp3) is 0.571. The van der Waals surface area contributed by atoms with Gasteiger partial charge in [0.2, 0.25) is 0 Å². The molecule has 0 saturated heterocycles. The first kappa shape index (κ1) is 15.0. The third-order valence-corrected chi connectivity index (χ3v) is 2.89. The van der Waals surface area contributed by atoms with Crippen LogP contribution in [0.2, 0.25) is 0 Å². The molecule has 0 heterocycles. The van der Waals surface area contributed by atoms with Gasteiger partial charge in [0.05, 0.1) is 12.7 Å². The Morgan fingerprint density at radius 3 is 2.28 bits per heavy atom. The highest BCUT2D eigenvalue weighted by Gasteiger charge is 2.22. The summed E-state index contributed by atoms with van der Waals surface area (Å²) in [6, 6.07) is 7.97. The first-order chi connectivity index (χ1) is 8.37. The van der Waals surface area contributed by atoms with Crippen molar-refractivity contribution in [1.82, 2.24) is 4.90 Å². The number of methoxy groups -OCH3 is 1. The van der Waals surface area contributed by atoms with Crippen molar-refractivity contribution in [3.8, 4) is 5.75 Å². The molecule has 0 radical (unpaired) electrons. The lowest BCUT2D eigenvalue weighted by molar-refractivity contribution is 0.0321. The highest BCUT2D eigenvalue weighted by molar-refractivity contribution is 5.29. The maximum absolute atomic E-state index is 9.86. The van der Waals surface area contributed by atoms with Gasteiger partial charge in [-0.2, -0.15) is 0 Å². The largest absolute Gasteiger partial charge is 0.497 e. The lowest BCUT2D eigenvalue weighted by Crippen LogP contribution is -2.40. The summed E-state index contributed by atoms with van der Waals surface area (Å²) in [5, 5.41) is 9.86. The Bertz CT molecular complexity index is 357. The van der Waals surface area contributed by atoms with E-state index in [2.05, 4.69) is 4.90 Å². The molecule has 1 atom stereocenters. The van der Waals surface area contributed by atoms with Gasteiger partial charge in [-0.3, -0.25) is 4.90 Å². The third-order valence-electron chi connectivity index (χ3n) is 2.89. The van der Waals surface area contributed by atoms with Gasteiger partial charge in [0.1, 0.15) is 5.75 Å². The van der Waals surface area contributed by atoms with Crippen LogP contribution in [0.25, 0.3) is 0 Å². The van der Waals surface area contributed by atoms with Crippen LogP contribution >= 0.6 is 0 Å².